The van der Waals surface area contributed by atoms with Crippen LogP contribution >= 0.6 is 15.9 Å². The molecule has 0 heterocycles. The zero-order chi connectivity index (χ0) is 15.6. The number of rotatable bonds is 3. The topological polar surface area (TPSA) is 26.0 Å². The summed E-state index contributed by atoms with van der Waals surface area (Å²) in [6.07, 6.45) is 0.808. The van der Waals surface area contributed by atoms with E-state index in [2.05, 4.69) is 22.9 Å². The molecule has 1 aromatic carbocycles. The number of hydrogen-bond donors (Lipinski definition) is 1. The summed E-state index contributed by atoms with van der Waals surface area (Å²) in [7, 11) is 0. The van der Waals surface area contributed by atoms with E-state index in [0.29, 0.717) is 10.4 Å². The summed E-state index contributed by atoms with van der Waals surface area (Å²) < 4.78 is 40.1. The molecule has 0 bridgehead atoms. The van der Waals surface area contributed by atoms with Gasteiger partial charge in [-0.15, -0.1) is 0 Å². The molecule has 1 fully saturated rings. The molecule has 5 heteroatoms. The zero-order valence-corrected chi connectivity index (χ0v) is 13.7. The predicted octanol–water partition coefficient (Wildman–Crippen LogP) is 5.68. The van der Waals surface area contributed by atoms with E-state index in [1.807, 2.05) is 0 Å². The van der Waals surface area contributed by atoms with E-state index in [4.69, 9.17) is 5.73 Å². The van der Waals surface area contributed by atoms with Crippen LogP contribution in [0.25, 0.3) is 0 Å². The maximum Gasteiger partial charge on any atom is 0.416 e. The highest BCUT2D eigenvalue weighted by atomic mass is 79.9. The van der Waals surface area contributed by atoms with Gasteiger partial charge < -0.3 is 5.73 Å². The van der Waals surface area contributed by atoms with Crippen molar-refractivity contribution in [2.45, 2.75) is 51.2 Å². The zero-order valence-electron chi connectivity index (χ0n) is 12.1. The first-order valence-corrected chi connectivity index (χ1v) is 8.24. The lowest BCUT2D eigenvalue weighted by Crippen LogP contribution is -2.28. The van der Waals surface area contributed by atoms with E-state index >= 15 is 0 Å². The molecule has 21 heavy (non-hydrogen) atoms. The van der Waals surface area contributed by atoms with Crippen molar-refractivity contribution in [3.8, 4) is 0 Å². The quantitative estimate of drug-likeness (QED) is 0.733. The number of hydrogen-bond acceptors (Lipinski definition) is 1. The molecule has 2 N–H and O–H groups in total. The SMILES string of the molecule is CCC1CCCC(C(N)c2ccc(Br)cc2C(F)(F)F)C1. The van der Waals surface area contributed by atoms with E-state index in [-0.39, 0.29) is 11.5 Å². The van der Waals surface area contributed by atoms with Crippen LogP contribution in [-0.2, 0) is 6.18 Å². The van der Waals surface area contributed by atoms with Crippen molar-refractivity contribution in [3.05, 3.63) is 33.8 Å². The molecule has 1 nitrogen and oxygen atoms in total. The van der Waals surface area contributed by atoms with Crippen LogP contribution in [-0.4, -0.2) is 0 Å². The molecule has 2 rings (SSSR count). The van der Waals surface area contributed by atoms with Crippen molar-refractivity contribution >= 4 is 15.9 Å². The Labute approximate surface area is 132 Å². The summed E-state index contributed by atoms with van der Waals surface area (Å²) in [5.74, 6) is 0.741. The fourth-order valence-electron chi connectivity index (χ4n) is 3.35. The highest BCUT2D eigenvalue weighted by Crippen LogP contribution is 2.42. The normalized spacial score (nSPS) is 24.9. The van der Waals surface area contributed by atoms with Crippen molar-refractivity contribution in [1.29, 1.82) is 0 Å². The van der Waals surface area contributed by atoms with Gasteiger partial charge in [-0.25, -0.2) is 0 Å². The van der Waals surface area contributed by atoms with Gasteiger partial charge in [0.15, 0.2) is 0 Å². The molecule has 3 atom stereocenters. The third kappa shape index (κ3) is 4.01. The predicted molar refractivity (Wildman–Crippen MR) is 81.8 cm³/mol. The van der Waals surface area contributed by atoms with Gasteiger partial charge in [0.25, 0.3) is 0 Å². The average Bonchev–Trinajstić information content (AvgIpc) is 2.45. The Hall–Kier alpha value is -0.550. The van der Waals surface area contributed by atoms with Crippen LogP contribution in [0.5, 0.6) is 0 Å². The Balaban J connectivity index is 2.28. The molecule has 0 radical (unpaired) electrons. The van der Waals surface area contributed by atoms with E-state index in [9.17, 15) is 13.2 Å². The Bertz CT molecular complexity index is 487. The second kappa shape index (κ2) is 6.69. The van der Waals surface area contributed by atoms with E-state index in [0.717, 1.165) is 31.7 Å². The van der Waals surface area contributed by atoms with Gasteiger partial charge in [-0.05, 0) is 42.4 Å². The number of halogens is 4. The van der Waals surface area contributed by atoms with Crippen LogP contribution in [0, 0.1) is 11.8 Å². The minimum absolute atomic E-state index is 0.144. The van der Waals surface area contributed by atoms with Gasteiger partial charge >= 0.3 is 6.18 Å². The van der Waals surface area contributed by atoms with Crippen LogP contribution < -0.4 is 5.73 Å². The van der Waals surface area contributed by atoms with Gasteiger partial charge in [0, 0.05) is 10.5 Å². The van der Waals surface area contributed by atoms with E-state index in [1.54, 1.807) is 6.07 Å². The highest BCUT2D eigenvalue weighted by molar-refractivity contribution is 9.10. The lowest BCUT2D eigenvalue weighted by molar-refractivity contribution is -0.138. The van der Waals surface area contributed by atoms with Crippen molar-refractivity contribution in [3.63, 3.8) is 0 Å². The van der Waals surface area contributed by atoms with Gasteiger partial charge in [-0.1, -0.05) is 48.2 Å². The molecule has 1 aliphatic carbocycles. The van der Waals surface area contributed by atoms with Crippen molar-refractivity contribution in [2.75, 3.05) is 0 Å². The van der Waals surface area contributed by atoms with Crippen molar-refractivity contribution in [2.24, 2.45) is 17.6 Å². The van der Waals surface area contributed by atoms with E-state index in [1.165, 1.54) is 12.5 Å². The molecule has 0 spiro atoms. The summed E-state index contributed by atoms with van der Waals surface area (Å²) in [4.78, 5) is 0. The highest BCUT2D eigenvalue weighted by Gasteiger charge is 2.37. The fourth-order valence-corrected chi connectivity index (χ4v) is 3.71. The van der Waals surface area contributed by atoms with E-state index < -0.39 is 17.8 Å². The van der Waals surface area contributed by atoms with Crippen LogP contribution in [0.1, 0.15) is 56.2 Å². The molecule has 118 valence electrons. The Kier molecular flexibility index (Phi) is 5.36. The first kappa shape index (κ1) is 16.8. The summed E-state index contributed by atoms with van der Waals surface area (Å²) >= 11 is 3.11. The molecular formula is C16H21BrF3N. The maximum atomic E-state index is 13.2. The summed E-state index contributed by atoms with van der Waals surface area (Å²) in [6, 6.07) is 3.76. The van der Waals surface area contributed by atoms with Gasteiger partial charge in [0.05, 0.1) is 5.56 Å². The molecule has 0 aromatic heterocycles. The largest absolute Gasteiger partial charge is 0.416 e. The first-order chi connectivity index (χ1) is 9.82. The molecular weight excluding hydrogens is 343 g/mol. The Morgan fingerprint density at radius 1 is 1.33 bits per heavy atom. The fraction of sp³-hybridized carbons (Fsp3) is 0.625. The first-order valence-electron chi connectivity index (χ1n) is 7.45. The number of benzene rings is 1. The molecule has 3 unspecified atom stereocenters. The molecule has 0 amide bonds. The molecule has 1 aromatic rings. The Morgan fingerprint density at radius 3 is 2.67 bits per heavy atom. The number of alkyl halides is 3. The smallest absolute Gasteiger partial charge is 0.324 e. The summed E-state index contributed by atoms with van der Waals surface area (Å²) in [6.45, 7) is 2.14. The van der Waals surface area contributed by atoms with Crippen LogP contribution in [0.15, 0.2) is 22.7 Å². The second-order valence-corrected chi connectivity index (χ2v) is 6.87. The standard InChI is InChI=1S/C16H21BrF3N/c1-2-10-4-3-5-11(8-10)15(21)13-7-6-12(17)9-14(13)16(18,19)20/h6-7,9-11,15H,2-5,8,21H2,1H3. The van der Waals surface area contributed by atoms with Gasteiger partial charge in [-0.2, -0.15) is 13.2 Å². The van der Waals surface area contributed by atoms with Gasteiger partial charge in [0.2, 0.25) is 0 Å². The molecule has 0 saturated heterocycles. The van der Waals surface area contributed by atoms with Crippen LogP contribution in [0.3, 0.4) is 0 Å². The second-order valence-electron chi connectivity index (χ2n) is 5.96. The lowest BCUT2D eigenvalue weighted by atomic mass is 9.75. The lowest BCUT2D eigenvalue weighted by Gasteiger charge is -2.33. The molecule has 1 aliphatic rings. The molecule has 0 aliphatic heterocycles. The summed E-state index contributed by atoms with van der Waals surface area (Å²) in [5.41, 5.74) is 5.84. The minimum Gasteiger partial charge on any atom is -0.324 e. The maximum absolute atomic E-state index is 13.2. The van der Waals surface area contributed by atoms with Gasteiger partial charge in [0.1, 0.15) is 0 Å². The van der Waals surface area contributed by atoms with Crippen molar-refractivity contribution < 1.29 is 13.2 Å². The summed E-state index contributed by atoms with van der Waals surface area (Å²) in [5, 5.41) is 0. The average molecular weight is 364 g/mol. The van der Waals surface area contributed by atoms with Crippen LogP contribution in [0.4, 0.5) is 13.2 Å². The third-order valence-corrected chi connectivity index (χ3v) is 5.08. The Morgan fingerprint density at radius 2 is 2.05 bits per heavy atom. The minimum atomic E-state index is -4.37. The number of nitrogens with two attached hydrogens (primary N) is 1. The third-order valence-electron chi connectivity index (χ3n) is 4.59. The monoisotopic (exact) mass is 363 g/mol. The van der Waals surface area contributed by atoms with Crippen LogP contribution in [0.2, 0.25) is 0 Å². The molecule has 1 saturated carbocycles. The van der Waals surface area contributed by atoms with Gasteiger partial charge in [-0.3, -0.25) is 0 Å². The van der Waals surface area contributed by atoms with Crippen molar-refractivity contribution in [1.82, 2.24) is 0 Å².